The van der Waals surface area contributed by atoms with E-state index in [-0.39, 0.29) is 0 Å². The highest BCUT2D eigenvalue weighted by atomic mass is 16.5. The third-order valence-electron chi connectivity index (χ3n) is 6.10. The predicted octanol–water partition coefficient (Wildman–Crippen LogP) is 5.48. The summed E-state index contributed by atoms with van der Waals surface area (Å²) in [5.74, 6) is 3.63. The van der Waals surface area contributed by atoms with Crippen LogP contribution in [0.4, 0.5) is 23.4 Å². The van der Waals surface area contributed by atoms with Gasteiger partial charge in [0.2, 0.25) is 5.95 Å². The summed E-state index contributed by atoms with van der Waals surface area (Å²) in [5.41, 5.74) is 2.86. The van der Waals surface area contributed by atoms with Crippen LogP contribution in [0.3, 0.4) is 0 Å². The van der Waals surface area contributed by atoms with E-state index in [2.05, 4.69) is 73.9 Å². The van der Waals surface area contributed by atoms with Crippen LogP contribution in [0, 0.1) is 0 Å². The fourth-order valence-electron chi connectivity index (χ4n) is 3.87. The van der Waals surface area contributed by atoms with E-state index in [1.165, 1.54) is 0 Å². The summed E-state index contributed by atoms with van der Waals surface area (Å²) in [6, 6.07) is 15.8. The molecule has 4 rings (SSSR count). The van der Waals surface area contributed by atoms with Gasteiger partial charge in [-0.15, -0.1) is 0 Å². The Morgan fingerprint density at radius 1 is 0.946 bits per heavy atom. The van der Waals surface area contributed by atoms with E-state index < -0.39 is 0 Å². The van der Waals surface area contributed by atoms with E-state index in [9.17, 15) is 0 Å². The number of aromatic nitrogens is 5. The quantitative estimate of drug-likeness (QED) is 0.166. The lowest BCUT2D eigenvalue weighted by Gasteiger charge is -2.18. The fraction of sp³-hybridized carbons (Fsp3) is 0.407. The zero-order chi connectivity index (χ0) is 26.0. The zero-order valence-corrected chi connectivity index (χ0v) is 22.1. The molecule has 0 spiro atoms. The Morgan fingerprint density at radius 2 is 1.73 bits per heavy atom. The van der Waals surface area contributed by atoms with Crippen molar-refractivity contribution in [3.8, 4) is 11.3 Å². The molecule has 4 N–H and O–H groups in total. The smallest absolute Gasteiger partial charge is 0.227 e. The summed E-state index contributed by atoms with van der Waals surface area (Å²) >= 11 is 0. The largest absolute Gasteiger partial charge is 0.370 e. The normalized spacial score (nSPS) is 11.3. The third kappa shape index (κ3) is 7.53. The SMILES string of the molecule is CCN(CC)CCCNc1cc(Nc2cc(C(C)C)[nH]n2)nc(NCc2cc(-c3ccccc3)no2)n1. The number of nitrogens with one attached hydrogen (secondary N) is 4. The Morgan fingerprint density at radius 3 is 2.46 bits per heavy atom. The number of H-pyrrole nitrogens is 1. The molecule has 0 amide bonds. The molecule has 0 bridgehead atoms. The van der Waals surface area contributed by atoms with Crippen molar-refractivity contribution in [3.63, 3.8) is 0 Å². The molecule has 0 atom stereocenters. The lowest BCUT2D eigenvalue weighted by Crippen LogP contribution is -2.25. The van der Waals surface area contributed by atoms with E-state index in [1.54, 1.807) is 0 Å². The summed E-state index contributed by atoms with van der Waals surface area (Å²) in [6.45, 7) is 13.0. The molecule has 10 heteroatoms. The van der Waals surface area contributed by atoms with Gasteiger partial charge in [-0.25, -0.2) is 0 Å². The standard InChI is InChI=1S/C27H37N9O/c1-5-36(6-2)14-10-13-28-24-17-25(30-26-16-22(19(3)4)33-34-26)32-27(31-24)29-18-21-15-23(35-37-21)20-11-8-7-9-12-20/h7-9,11-12,15-17,19H,5-6,10,13-14,18H2,1-4H3,(H4,28,29,30,31,32,33,34). The van der Waals surface area contributed by atoms with Gasteiger partial charge in [0.15, 0.2) is 11.6 Å². The molecule has 0 unspecified atom stereocenters. The molecule has 10 nitrogen and oxygen atoms in total. The highest BCUT2D eigenvalue weighted by Crippen LogP contribution is 2.22. The molecule has 0 radical (unpaired) electrons. The number of hydrogen-bond acceptors (Lipinski definition) is 9. The number of hydrogen-bond donors (Lipinski definition) is 4. The summed E-state index contributed by atoms with van der Waals surface area (Å²) in [4.78, 5) is 11.7. The molecule has 3 aromatic heterocycles. The summed E-state index contributed by atoms with van der Waals surface area (Å²) in [7, 11) is 0. The van der Waals surface area contributed by atoms with Crippen molar-refractivity contribution in [2.75, 3.05) is 42.1 Å². The van der Waals surface area contributed by atoms with Crippen LogP contribution >= 0.6 is 0 Å². The molecule has 0 aliphatic rings. The van der Waals surface area contributed by atoms with Gasteiger partial charge in [-0.05, 0) is 32.0 Å². The molecule has 4 aromatic rings. The van der Waals surface area contributed by atoms with Gasteiger partial charge < -0.3 is 25.4 Å². The van der Waals surface area contributed by atoms with E-state index in [1.807, 2.05) is 48.5 Å². The Kier molecular flexibility index (Phi) is 9.09. The highest BCUT2D eigenvalue weighted by Gasteiger charge is 2.11. The predicted molar refractivity (Wildman–Crippen MR) is 148 cm³/mol. The Labute approximate surface area is 218 Å². The second kappa shape index (κ2) is 12.9. The first kappa shape index (κ1) is 26.2. The van der Waals surface area contributed by atoms with Crippen LogP contribution in [-0.4, -0.2) is 56.4 Å². The second-order valence-electron chi connectivity index (χ2n) is 9.16. The lowest BCUT2D eigenvalue weighted by atomic mass is 10.1. The Balaban J connectivity index is 1.45. The number of benzene rings is 1. The van der Waals surface area contributed by atoms with Gasteiger partial charge >= 0.3 is 0 Å². The maximum absolute atomic E-state index is 5.53. The molecule has 0 fully saturated rings. The van der Waals surface area contributed by atoms with Crippen LogP contribution < -0.4 is 16.0 Å². The number of aromatic amines is 1. The number of anilines is 4. The average molecular weight is 504 g/mol. The molecular formula is C27H37N9O. The maximum Gasteiger partial charge on any atom is 0.227 e. The lowest BCUT2D eigenvalue weighted by molar-refractivity contribution is 0.303. The van der Waals surface area contributed by atoms with Gasteiger partial charge in [0.05, 0.1) is 6.54 Å². The summed E-state index contributed by atoms with van der Waals surface area (Å²) in [6.07, 6.45) is 1.02. The molecule has 0 aliphatic carbocycles. The van der Waals surface area contributed by atoms with Gasteiger partial charge in [0, 0.05) is 36.0 Å². The minimum Gasteiger partial charge on any atom is -0.370 e. The first-order valence-corrected chi connectivity index (χ1v) is 13.0. The van der Waals surface area contributed by atoms with E-state index in [0.29, 0.717) is 35.8 Å². The maximum atomic E-state index is 5.53. The van der Waals surface area contributed by atoms with Crippen molar-refractivity contribution < 1.29 is 4.52 Å². The molecule has 1 aromatic carbocycles. The molecule has 37 heavy (non-hydrogen) atoms. The third-order valence-corrected chi connectivity index (χ3v) is 6.10. The van der Waals surface area contributed by atoms with Crippen LogP contribution in [0.2, 0.25) is 0 Å². The van der Waals surface area contributed by atoms with Crippen molar-refractivity contribution in [2.45, 2.75) is 46.6 Å². The van der Waals surface area contributed by atoms with Crippen molar-refractivity contribution in [1.29, 1.82) is 0 Å². The van der Waals surface area contributed by atoms with Crippen molar-refractivity contribution in [1.82, 2.24) is 30.2 Å². The molecule has 3 heterocycles. The molecule has 0 saturated carbocycles. The van der Waals surface area contributed by atoms with E-state index >= 15 is 0 Å². The number of nitrogens with zero attached hydrogens (tertiary/aromatic N) is 5. The minimum atomic E-state index is 0.358. The minimum absolute atomic E-state index is 0.358. The molecule has 0 saturated heterocycles. The van der Waals surface area contributed by atoms with Gasteiger partial charge in [-0.2, -0.15) is 15.1 Å². The topological polar surface area (TPSA) is 120 Å². The number of rotatable bonds is 14. The van der Waals surface area contributed by atoms with Crippen molar-refractivity contribution in [2.24, 2.45) is 0 Å². The molecular weight excluding hydrogens is 466 g/mol. The summed E-state index contributed by atoms with van der Waals surface area (Å²) in [5, 5.41) is 21.6. The first-order valence-electron chi connectivity index (χ1n) is 13.0. The fourth-order valence-corrected chi connectivity index (χ4v) is 3.87. The van der Waals surface area contributed by atoms with Gasteiger partial charge in [0.1, 0.15) is 17.3 Å². The molecule has 0 aliphatic heterocycles. The van der Waals surface area contributed by atoms with E-state index in [0.717, 1.165) is 55.4 Å². The van der Waals surface area contributed by atoms with Crippen molar-refractivity contribution >= 4 is 23.4 Å². The van der Waals surface area contributed by atoms with E-state index in [4.69, 9.17) is 4.52 Å². The van der Waals surface area contributed by atoms with Crippen molar-refractivity contribution in [3.05, 3.63) is 60.0 Å². The average Bonchev–Trinajstić information content (AvgIpc) is 3.58. The van der Waals surface area contributed by atoms with Crippen LogP contribution in [0.5, 0.6) is 0 Å². The van der Waals surface area contributed by atoms with Gasteiger partial charge in [0.25, 0.3) is 0 Å². The second-order valence-corrected chi connectivity index (χ2v) is 9.16. The summed E-state index contributed by atoms with van der Waals surface area (Å²) < 4.78 is 5.53. The van der Waals surface area contributed by atoms with Gasteiger partial charge in [-0.1, -0.05) is 63.2 Å². The monoisotopic (exact) mass is 503 g/mol. The van der Waals surface area contributed by atoms with Crippen LogP contribution in [-0.2, 0) is 6.54 Å². The van der Waals surface area contributed by atoms with Gasteiger partial charge in [-0.3, -0.25) is 5.10 Å². The Bertz CT molecular complexity index is 1230. The van der Waals surface area contributed by atoms with Crippen LogP contribution in [0.15, 0.2) is 53.1 Å². The first-order chi connectivity index (χ1) is 18.0. The molecule has 196 valence electrons. The zero-order valence-electron chi connectivity index (χ0n) is 22.1. The Hall–Kier alpha value is -3.92. The van der Waals surface area contributed by atoms with Crippen LogP contribution in [0.25, 0.3) is 11.3 Å². The van der Waals surface area contributed by atoms with Crippen LogP contribution in [0.1, 0.15) is 51.5 Å². The highest BCUT2D eigenvalue weighted by molar-refractivity contribution is 5.60.